The number of alkyl carbamates (subject to hydrolysis) is 1. The van der Waals surface area contributed by atoms with Gasteiger partial charge in [0.1, 0.15) is 12.6 Å². The predicted molar refractivity (Wildman–Crippen MR) is 112 cm³/mol. The Hall–Kier alpha value is -3.35. The fourth-order valence-electron chi connectivity index (χ4n) is 3.82. The highest BCUT2D eigenvalue weighted by Gasteiger charge is 2.28. The lowest BCUT2D eigenvalue weighted by atomic mass is 9.98. The van der Waals surface area contributed by atoms with E-state index < -0.39 is 18.1 Å². The molecule has 2 aromatic rings. The molecule has 3 rings (SSSR count). The minimum atomic E-state index is -1.06. The van der Waals surface area contributed by atoms with Crippen LogP contribution in [0.5, 0.6) is 0 Å². The molecule has 0 fully saturated rings. The number of aliphatic carboxylic acids is 1. The van der Waals surface area contributed by atoms with Crippen molar-refractivity contribution >= 4 is 18.0 Å². The molecule has 0 aliphatic heterocycles. The first-order valence-electron chi connectivity index (χ1n) is 10.1. The Balaban J connectivity index is 1.43. The molecule has 0 saturated carbocycles. The Kier molecular flexibility index (Phi) is 7.06. The average Bonchev–Trinajstić information content (AvgIpc) is 3.04. The summed E-state index contributed by atoms with van der Waals surface area (Å²) in [6.45, 7) is 1.92. The van der Waals surface area contributed by atoms with E-state index in [9.17, 15) is 14.4 Å². The fraction of sp³-hybridized carbons (Fsp3) is 0.348. The Morgan fingerprint density at radius 1 is 1.00 bits per heavy atom. The second-order valence-electron chi connectivity index (χ2n) is 7.34. The summed E-state index contributed by atoms with van der Waals surface area (Å²) in [7, 11) is 0. The lowest BCUT2D eigenvalue weighted by Gasteiger charge is -2.15. The zero-order chi connectivity index (χ0) is 21.5. The number of carbonyl (C=O) groups excluding carboxylic acids is 2. The van der Waals surface area contributed by atoms with Crippen molar-refractivity contribution in [2.75, 3.05) is 13.2 Å². The summed E-state index contributed by atoms with van der Waals surface area (Å²) in [5, 5.41) is 14.2. The van der Waals surface area contributed by atoms with Gasteiger partial charge in [0.05, 0.1) is 0 Å². The Labute approximate surface area is 175 Å². The number of carbonyl (C=O) groups is 3. The molecule has 7 heteroatoms. The lowest BCUT2D eigenvalue weighted by molar-refractivity contribution is -0.141. The van der Waals surface area contributed by atoms with Crippen LogP contribution in [0, 0.1) is 0 Å². The minimum absolute atomic E-state index is 0.0112. The van der Waals surface area contributed by atoms with Gasteiger partial charge in [-0.15, -0.1) is 0 Å². The molecule has 2 aromatic carbocycles. The van der Waals surface area contributed by atoms with Crippen LogP contribution in [-0.2, 0) is 14.3 Å². The number of rotatable bonds is 9. The van der Waals surface area contributed by atoms with Gasteiger partial charge in [0, 0.05) is 19.4 Å². The molecule has 3 N–H and O–H groups in total. The summed E-state index contributed by atoms with van der Waals surface area (Å²) in [5.74, 6) is -1.43. The summed E-state index contributed by atoms with van der Waals surface area (Å²) >= 11 is 0. The molecule has 0 saturated heterocycles. The van der Waals surface area contributed by atoms with Gasteiger partial charge in [-0.25, -0.2) is 9.59 Å². The van der Waals surface area contributed by atoms with Crippen molar-refractivity contribution in [1.29, 1.82) is 0 Å². The maximum atomic E-state index is 12.1. The van der Waals surface area contributed by atoms with Crippen molar-refractivity contribution in [1.82, 2.24) is 10.6 Å². The average molecular weight is 410 g/mol. The molecule has 0 radical (unpaired) electrons. The van der Waals surface area contributed by atoms with Gasteiger partial charge in [0.15, 0.2) is 0 Å². The van der Waals surface area contributed by atoms with Crippen LogP contribution >= 0.6 is 0 Å². The Morgan fingerprint density at radius 2 is 1.60 bits per heavy atom. The van der Waals surface area contributed by atoms with E-state index >= 15 is 0 Å². The van der Waals surface area contributed by atoms with Crippen LogP contribution in [0.3, 0.4) is 0 Å². The van der Waals surface area contributed by atoms with Crippen LogP contribution in [0.4, 0.5) is 4.79 Å². The second-order valence-corrected chi connectivity index (χ2v) is 7.34. The van der Waals surface area contributed by atoms with E-state index in [1.807, 2.05) is 24.3 Å². The Morgan fingerprint density at radius 3 is 2.17 bits per heavy atom. The maximum absolute atomic E-state index is 12.1. The van der Waals surface area contributed by atoms with Crippen LogP contribution in [-0.4, -0.2) is 42.3 Å². The molecule has 2 amide bonds. The molecule has 0 bridgehead atoms. The quantitative estimate of drug-likeness (QED) is 0.550. The number of hydrogen-bond donors (Lipinski definition) is 3. The van der Waals surface area contributed by atoms with Gasteiger partial charge < -0.3 is 20.5 Å². The van der Waals surface area contributed by atoms with Crippen LogP contribution < -0.4 is 10.6 Å². The van der Waals surface area contributed by atoms with E-state index in [2.05, 4.69) is 34.9 Å². The third kappa shape index (κ3) is 5.17. The third-order valence-electron chi connectivity index (χ3n) is 5.21. The molecule has 7 nitrogen and oxygen atoms in total. The normalized spacial score (nSPS) is 13.1. The summed E-state index contributed by atoms with van der Waals surface area (Å²) in [6, 6.07) is 15.4. The molecular weight excluding hydrogens is 384 g/mol. The first-order chi connectivity index (χ1) is 14.5. The molecule has 0 heterocycles. The van der Waals surface area contributed by atoms with Crippen molar-refractivity contribution in [3.63, 3.8) is 0 Å². The van der Waals surface area contributed by atoms with E-state index in [0.29, 0.717) is 25.8 Å². The summed E-state index contributed by atoms with van der Waals surface area (Å²) in [6.07, 6.45) is 0.962. The highest BCUT2D eigenvalue weighted by Crippen LogP contribution is 2.44. The number of ether oxygens (including phenoxy) is 1. The van der Waals surface area contributed by atoms with Gasteiger partial charge in [-0.3, -0.25) is 4.79 Å². The van der Waals surface area contributed by atoms with Gasteiger partial charge in [-0.05, 0) is 41.5 Å². The molecule has 30 heavy (non-hydrogen) atoms. The van der Waals surface area contributed by atoms with Gasteiger partial charge in [0.2, 0.25) is 5.91 Å². The lowest BCUT2D eigenvalue weighted by Crippen LogP contribution is -2.39. The van der Waals surface area contributed by atoms with Crippen molar-refractivity contribution in [3.05, 3.63) is 59.7 Å². The summed E-state index contributed by atoms with van der Waals surface area (Å²) in [5.41, 5.74) is 4.66. The van der Waals surface area contributed by atoms with Crippen LogP contribution in [0.1, 0.15) is 43.2 Å². The predicted octanol–water partition coefficient (Wildman–Crippen LogP) is 3.28. The maximum Gasteiger partial charge on any atom is 0.407 e. The van der Waals surface area contributed by atoms with Crippen LogP contribution in [0.25, 0.3) is 11.1 Å². The smallest absolute Gasteiger partial charge is 0.407 e. The SMILES string of the molecule is CC(=O)N[C@@H](CCCCNC(=O)OCC1c2ccccc2-c2ccccc21)C(=O)O. The third-order valence-corrected chi connectivity index (χ3v) is 5.21. The number of unbranched alkanes of at least 4 members (excludes halogenated alkanes) is 1. The fourth-order valence-corrected chi connectivity index (χ4v) is 3.82. The van der Waals surface area contributed by atoms with E-state index in [1.165, 1.54) is 18.1 Å². The number of amides is 2. The highest BCUT2D eigenvalue weighted by molar-refractivity contribution is 5.82. The number of hydrogen-bond acceptors (Lipinski definition) is 4. The molecule has 0 unspecified atom stereocenters. The molecule has 158 valence electrons. The van der Waals surface area contributed by atoms with Crippen molar-refractivity contribution in [2.45, 2.75) is 38.1 Å². The monoisotopic (exact) mass is 410 g/mol. The number of benzene rings is 2. The summed E-state index contributed by atoms with van der Waals surface area (Å²) in [4.78, 5) is 34.2. The van der Waals surface area contributed by atoms with E-state index in [-0.39, 0.29) is 18.4 Å². The first-order valence-corrected chi connectivity index (χ1v) is 10.1. The zero-order valence-corrected chi connectivity index (χ0v) is 16.9. The molecule has 1 aliphatic carbocycles. The standard InChI is InChI=1S/C23H26N2O5/c1-15(26)25-21(22(27)28)12-6-7-13-24-23(29)30-14-20-18-10-4-2-8-16(18)17-9-3-5-11-19(17)20/h2-5,8-11,20-21H,6-7,12-14H2,1H3,(H,24,29)(H,25,26)(H,27,28)/t21-/m0/s1. The Bertz CT molecular complexity index is 882. The summed E-state index contributed by atoms with van der Waals surface area (Å²) < 4.78 is 5.46. The number of nitrogens with one attached hydrogen (secondary N) is 2. The van der Waals surface area contributed by atoms with E-state index in [1.54, 1.807) is 0 Å². The molecule has 0 aromatic heterocycles. The van der Waals surface area contributed by atoms with E-state index in [0.717, 1.165) is 11.1 Å². The number of carboxylic acid groups (broad SMARTS) is 1. The molecule has 1 aliphatic rings. The highest BCUT2D eigenvalue weighted by atomic mass is 16.5. The second kappa shape index (κ2) is 9.91. The van der Waals surface area contributed by atoms with Gasteiger partial charge in [-0.1, -0.05) is 48.5 Å². The van der Waals surface area contributed by atoms with Gasteiger partial charge >= 0.3 is 12.1 Å². The van der Waals surface area contributed by atoms with E-state index in [4.69, 9.17) is 9.84 Å². The van der Waals surface area contributed by atoms with Crippen LogP contribution in [0.15, 0.2) is 48.5 Å². The molecule has 1 atom stereocenters. The first kappa shape index (κ1) is 21.4. The largest absolute Gasteiger partial charge is 0.480 e. The number of carboxylic acids is 1. The van der Waals surface area contributed by atoms with Crippen LogP contribution in [0.2, 0.25) is 0 Å². The molecular formula is C23H26N2O5. The zero-order valence-electron chi connectivity index (χ0n) is 16.9. The minimum Gasteiger partial charge on any atom is -0.480 e. The molecule has 0 spiro atoms. The van der Waals surface area contributed by atoms with Crippen molar-refractivity contribution in [3.8, 4) is 11.1 Å². The van der Waals surface area contributed by atoms with Gasteiger partial charge in [0.25, 0.3) is 0 Å². The van der Waals surface area contributed by atoms with Gasteiger partial charge in [-0.2, -0.15) is 0 Å². The topological polar surface area (TPSA) is 105 Å². The van der Waals surface area contributed by atoms with Crippen molar-refractivity contribution < 1.29 is 24.2 Å². The number of fused-ring (bicyclic) bond motifs is 3. The van der Waals surface area contributed by atoms with Crippen molar-refractivity contribution in [2.24, 2.45) is 0 Å².